The first-order valence-electron chi connectivity index (χ1n) is 6.66. The van der Waals surface area contributed by atoms with Crippen LogP contribution < -0.4 is 11.1 Å². The number of carbonyl (C=O) groups is 1. The minimum atomic E-state index is -0.458. The van der Waals surface area contributed by atoms with Crippen LogP contribution in [-0.2, 0) is 4.79 Å². The Labute approximate surface area is 105 Å². The lowest BCUT2D eigenvalue weighted by Gasteiger charge is -2.31. The first kappa shape index (κ1) is 14.5. The number of likely N-dealkylation sites (N-methyl/N-ethyl adjacent to an activating group) is 1. The Morgan fingerprint density at radius 3 is 2.71 bits per heavy atom. The third kappa shape index (κ3) is 4.28. The number of primary amides is 1. The van der Waals surface area contributed by atoms with Crippen molar-refractivity contribution in [2.24, 2.45) is 11.7 Å². The zero-order valence-corrected chi connectivity index (χ0v) is 11.5. The van der Waals surface area contributed by atoms with E-state index in [9.17, 15) is 4.79 Å². The fourth-order valence-electron chi connectivity index (χ4n) is 2.54. The summed E-state index contributed by atoms with van der Waals surface area (Å²) in [5.41, 5.74) is 5.16. The van der Waals surface area contributed by atoms with Crippen LogP contribution in [0.25, 0.3) is 0 Å². The quantitative estimate of drug-likeness (QED) is 0.705. The van der Waals surface area contributed by atoms with Gasteiger partial charge < -0.3 is 16.0 Å². The largest absolute Gasteiger partial charge is 0.368 e. The third-order valence-corrected chi connectivity index (χ3v) is 3.86. The maximum Gasteiger partial charge on any atom is 0.237 e. The van der Waals surface area contributed by atoms with E-state index in [1.807, 2.05) is 14.1 Å². The maximum atomic E-state index is 11.8. The smallest absolute Gasteiger partial charge is 0.237 e. The molecule has 2 atom stereocenters. The van der Waals surface area contributed by atoms with E-state index in [0.717, 1.165) is 38.8 Å². The summed E-state index contributed by atoms with van der Waals surface area (Å²) < 4.78 is 0. The summed E-state index contributed by atoms with van der Waals surface area (Å²) in [6, 6.07) is 0. The van der Waals surface area contributed by atoms with Gasteiger partial charge in [-0.05, 0) is 39.3 Å². The molecule has 0 bridgehead atoms. The zero-order valence-electron chi connectivity index (χ0n) is 11.5. The van der Waals surface area contributed by atoms with E-state index in [-0.39, 0.29) is 5.91 Å². The molecule has 17 heavy (non-hydrogen) atoms. The first-order chi connectivity index (χ1) is 7.96. The van der Waals surface area contributed by atoms with Crippen LogP contribution in [-0.4, -0.2) is 43.5 Å². The molecule has 1 rings (SSSR count). The number of carbonyl (C=O) groups excluding carboxylic acids is 1. The van der Waals surface area contributed by atoms with Crippen molar-refractivity contribution in [2.45, 2.75) is 44.6 Å². The number of amides is 1. The predicted molar refractivity (Wildman–Crippen MR) is 70.7 cm³/mol. The Hall–Kier alpha value is -0.610. The molecule has 3 N–H and O–H groups in total. The molecule has 1 saturated carbocycles. The van der Waals surface area contributed by atoms with Crippen molar-refractivity contribution in [3.05, 3.63) is 0 Å². The van der Waals surface area contributed by atoms with Gasteiger partial charge >= 0.3 is 0 Å². The van der Waals surface area contributed by atoms with Crippen molar-refractivity contribution in [1.82, 2.24) is 10.2 Å². The summed E-state index contributed by atoms with van der Waals surface area (Å²) in [6.45, 7) is 4.02. The monoisotopic (exact) mass is 241 g/mol. The third-order valence-electron chi connectivity index (χ3n) is 3.86. The van der Waals surface area contributed by atoms with Gasteiger partial charge in [0.2, 0.25) is 5.91 Å². The van der Waals surface area contributed by atoms with E-state index in [1.54, 1.807) is 0 Å². The van der Waals surface area contributed by atoms with Crippen molar-refractivity contribution < 1.29 is 4.79 Å². The number of nitrogens with zero attached hydrogens (tertiary/aromatic N) is 1. The molecule has 0 aromatic heterocycles. The van der Waals surface area contributed by atoms with Crippen LogP contribution in [0.3, 0.4) is 0 Å². The number of hydrogen-bond acceptors (Lipinski definition) is 3. The second-order valence-corrected chi connectivity index (χ2v) is 5.71. The fraction of sp³-hybridized carbons (Fsp3) is 0.923. The van der Waals surface area contributed by atoms with Gasteiger partial charge in [0.1, 0.15) is 0 Å². The van der Waals surface area contributed by atoms with Crippen LogP contribution in [0.15, 0.2) is 0 Å². The molecule has 0 saturated heterocycles. The summed E-state index contributed by atoms with van der Waals surface area (Å²) in [7, 11) is 4.07. The van der Waals surface area contributed by atoms with Crippen molar-refractivity contribution >= 4 is 5.91 Å². The summed E-state index contributed by atoms with van der Waals surface area (Å²) in [6.07, 6.45) is 5.18. The van der Waals surface area contributed by atoms with Gasteiger partial charge in [0, 0.05) is 13.1 Å². The minimum absolute atomic E-state index is 0.176. The van der Waals surface area contributed by atoms with E-state index in [1.165, 1.54) is 6.42 Å². The van der Waals surface area contributed by atoms with Gasteiger partial charge in [0.25, 0.3) is 0 Å². The molecular weight excluding hydrogens is 214 g/mol. The topological polar surface area (TPSA) is 58.4 Å². The minimum Gasteiger partial charge on any atom is -0.368 e. The summed E-state index contributed by atoms with van der Waals surface area (Å²) >= 11 is 0. The van der Waals surface area contributed by atoms with Crippen LogP contribution in [0.5, 0.6) is 0 Å². The number of nitrogens with one attached hydrogen (secondary N) is 1. The Bertz CT molecular complexity index is 255. The predicted octanol–water partition coefficient (Wildman–Crippen LogP) is 0.962. The Kier molecular flexibility index (Phi) is 5.40. The first-order valence-corrected chi connectivity index (χ1v) is 6.66. The molecule has 2 unspecified atom stereocenters. The molecule has 0 radical (unpaired) electrons. The molecule has 1 fully saturated rings. The summed E-state index contributed by atoms with van der Waals surface area (Å²) in [5, 5.41) is 3.41. The highest BCUT2D eigenvalue weighted by Gasteiger charge is 2.37. The number of rotatable bonds is 5. The maximum absolute atomic E-state index is 11.8. The van der Waals surface area contributed by atoms with Crippen LogP contribution in [0.2, 0.25) is 0 Å². The second-order valence-electron chi connectivity index (χ2n) is 5.71. The van der Waals surface area contributed by atoms with E-state index in [2.05, 4.69) is 17.1 Å². The summed E-state index contributed by atoms with van der Waals surface area (Å²) in [5.74, 6) is 0.539. The van der Waals surface area contributed by atoms with Crippen molar-refractivity contribution in [3.63, 3.8) is 0 Å². The standard InChI is InChI=1S/C13H27N3O/c1-11-5-4-7-13(8-6-11,12(14)17)15-9-10-16(2)3/h11,15H,4-10H2,1-3H3,(H2,14,17). The summed E-state index contributed by atoms with van der Waals surface area (Å²) in [4.78, 5) is 13.9. The molecule has 0 aromatic rings. The van der Waals surface area contributed by atoms with E-state index < -0.39 is 5.54 Å². The highest BCUT2D eigenvalue weighted by molar-refractivity contribution is 5.84. The molecule has 0 aromatic carbocycles. The lowest BCUT2D eigenvalue weighted by molar-refractivity contribution is -0.125. The second kappa shape index (κ2) is 6.36. The van der Waals surface area contributed by atoms with Crippen molar-refractivity contribution in [2.75, 3.05) is 27.2 Å². The van der Waals surface area contributed by atoms with Gasteiger partial charge in [-0.3, -0.25) is 4.79 Å². The van der Waals surface area contributed by atoms with Gasteiger partial charge in [-0.25, -0.2) is 0 Å². The molecule has 1 aliphatic rings. The van der Waals surface area contributed by atoms with Gasteiger partial charge in [-0.15, -0.1) is 0 Å². The average molecular weight is 241 g/mol. The van der Waals surface area contributed by atoms with Crippen LogP contribution in [0, 0.1) is 5.92 Å². The van der Waals surface area contributed by atoms with E-state index in [4.69, 9.17) is 5.73 Å². The highest BCUT2D eigenvalue weighted by atomic mass is 16.1. The molecule has 0 heterocycles. The Balaban J connectivity index is 2.58. The van der Waals surface area contributed by atoms with Crippen molar-refractivity contribution in [3.8, 4) is 0 Å². The van der Waals surface area contributed by atoms with Crippen LogP contribution >= 0.6 is 0 Å². The Morgan fingerprint density at radius 2 is 2.12 bits per heavy atom. The number of nitrogens with two attached hydrogens (primary N) is 1. The molecule has 1 amide bonds. The van der Waals surface area contributed by atoms with E-state index in [0.29, 0.717) is 5.92 Å². The molecule has 1 aliphatic carbocycles. The lowest BCUT2D eigenvalue weighted by atomic mass is 9.89. The zero-order chi connectivity index (χ0) is 12.9. The fourth-order valence-corrected chi connectivity index (χ4v) is 2.54. The molecule has 4 nitrogen and oxygen atoms in total. The molecule has 4 heteroatoms. The average Bonchev–Trinajstić information content (AvgIpc) is 2.41. The van der Waals surface area contributed by atoms with Gasteiger partial charge in [0.05, 0.1) is 5.54 Å². The van der Waals surface area contributed by atoms with Crippen molar-refractivity contribution in [1.29, 1.82) is 0 Å². The van der Waals surface area contributed by atoms with Gasteiger partial charge in [-0.1, -0.05) is 19.8 Å². The van der Waals surface area contributed by atoms with Gasteiger partial charge in [-0.2, -0.15) is 0 Å². The highest BCUT2D eigenvalue weighted by Crippen LogP contribution is 2.30. The molecular formula is C13H27N3O. The SMILES string of the molecule is CC1CCCC(NCCN(C)C)(C(N)=O)CC1. The number of hydrogen-bond donors (Lipinski definition) is 2. The molecule has 100 valence electrons. The van der Waals surface area contributed by atoms with E-state index >= 15 is 0 Å². The van der Waals surface area contributed by atoms with Crippen LogP contribution in [0.1, 0.15) is 39.0 Å². The van der Waals surface area contributed by atoms with Crippen LogP contribution in [0.4, 0.5) is 0 Å². The molecule has 0 spiro atoms. The normalized spacial score (nSPS) is 30.2. The lowest BCUT2D eigenvalue weighted by Crippen LogP contribution is -2.56. The molecule has 0 aliphatic heterocycles. The van der Waals surface area contributed by atoms with Gasteiger partial charge in [0.15, 0.2) is 0 Å². The Morgan fingerprint density at radius 1 is 1.41 bits per heavy atom.